The van der Waals surface area contributed by atoms with Crippen LogP contribution in [0, 0.1) is 0 Å². The van der Waals surface area contributed by atoms with Crippen LogP contribution in [0.3, 0.4) is 0 Å². The van der Waals surface area contributed by atoms with Crippen molar-refractivity contribution >= 4 is 11.0 Å². The smallest absolute Gasteiger partial charge is 0.159 e. The van der Waals surface area contributed by atoms with Gasteiger partial charge in [0.2, 0.25) is 0 Å². The predicted molar refractivity (Wildman–Crippen MR) is 96.8 cm³/mol. The molecule has 25 heavy (non-hydrogen) atoms. The maximum Gasteiger partial charge on any atom is 0.159 e. The SMILES string of the molecule is c1ccc(Oc2ccc(OCc3cnc4ncccc4c3)cc2)cc1. The van der Waals surface area contributed by atoms with Gasteiger partial charge < -0.3 is 9.47 Å². The molecular weight excluding hydrogens is 312 g/mol. The van der Waals surface area contributed by atoms with E-state index < -0.39 is 0 Å². The molecule has 0 aliphatic carbocycles. The van der Waals surface area contributed by atoms with Gasteiger partial charge in [0.05, 0.1) is 0 Å². The number of ether oxygens (including phenoxy) is 2. The van der Waals surface area contributed by atoms with Crippen molar-refractivity contribution in [3.8, 4) is 17.2 Å². The third-order valence-electron chi connectivity index (χ3n) is 3.72. The zero-order valence-corrected chi connectivity index (χ0v) is 13.5. The molecular formula is C21H16N2O2. The Morgan fingerprint density at radius 2 is 1.48 bits per heavy atom. The number of nitrogens with zero attached hydrogens (tertiary/aromatic N) is 2. The van der Waals surface area contributed by atoms with Crippen molar-refractivity contribution in [1.29, 1.82) is 0 Å². The molecule has 0 aliphatic rings. The van der Waals surface area contributed by atoms with E-state index in [0.717, 1.165) is 33.8 Å². The van der Waals surface area contributed by atoms with Gasteiger partial charge in [-0.05, 0) is 54.6 Å². The molecule has 0 radical (unpaired) electrons. The van der Waals surface area contributed by atoms with Crippen LogP contribution in [0.25, 0.3) is 11.0 Å². The van der Waals surface area contributed by atoms with E-state index in [1.54, 1.807) is 12.4 Å². The first kappa shape index (κ1) is 15.1. The van der Waals surface area contributed by atoms with Crippen molar-refractivity contribution < 1.29 is 9.47 Å². The summed E-state index contributed by atoms with van der Waals surface area (Å²) in [5, 5.41) is 1.01. The van der Waals surface area contributed by atoms with Crippen LogP contribution in [0.15, 0.2) is 85.2 Å². The highest BCUT2D eigenvalue weighted by atomic mass is 16.5. The number of hydrogen-bond acceptors (Lipinski definition) is 4. The Morgan fingerprint density at radius 3 is 2.32 bits per heavy atom. The van der Waals surface area contributed by atoms with Crippen LogP contribution in [0.1, 0.15) is 5.56 Å². The summed E-state index contributed by atoms with van der Waals surface area (Å²) in [6.45, 7) is 0.455. The van der Waals surface area contributed by atoms with Gasteiger partial charge in [-0.2, -0.15) is 0 Å². The average molecular weight is 328 g/mol. The zero-order valence-electron chi connectivity index (χ0n) is 13.5. The van der Waals surface area contributed by atoms with E-state index in [1.807, 2.05) is 72.8 Å². The Kier molecular flexibility index (Phi) is 4.25. The third-order valence-corrected chi connectivity index (χ3v) is 3.72. The van der Waals surface area contributed by atoms with Gasteiger partial charge >= 0.3 is 0 Å². The van der Waals surface area contributed by atoms with E-state index >= 15 is 0 Å². The number of para-hydroxylation sites is 1. The second-order valence-electron chi connectivity index (χ2n) is 5.57. The molecule has 0 saturated heterocycles. The first-order chi connectivity index (χ1) is 12.4. The molecule has 2 aromatic carbocycles. The minimum Gasteiger partial charge on any atom is -0.489 e. The lowest BCUT2D eigenvalue weighted by molar-refractivity contribution is 0.305. The zero-order chi connectivity index (χ0) is 16.9. The molecule has 0 saturated carbocycles. The van der Waals surface area contributed by atoms with Crippen LogP contribution in [0.5, 0.6) is 17.2 Å². The van der Waals surface area contributed by atoms with E-state index in [4.69, 9.17) is 9.47 Å². The number of fused-ring (bicyclic) bond motifs is 1. The second kappa shape index (κ2) is 7.01. The number of benzene rings is 2. The highest BCUT2D eigenvalue weighted by Gasteiger charge is 2.01. The van der Waals surface area contributed by atoms with E-state index in [2.05, 4.69) is 9.97 Å². The van der Waals surface area contributed by atoms with Crippen LogP contribution >= 0.6 is 0 Å². The number of pyridine rings is 2. The Bertz CT molecular complexity index is 970. The molecule has 0 spiro atoms. The van der Waals surface area contributed by atoms with E-state index in [0.29, 0.717) is 6.61 Å². The topological polar surface area (TPSA) is 44.2 Å². The van der Waals surface area contributed by atoms with Gasteiger partial charge in [-0.1, -0.05) is 18.2 Å². The van der Waals surface area contributed by atoms with Crippen LogP contribution in [0.2, 0.25) is 0 Å². The molecule has 0 unspecified atom stereocenters. The largest absolute Gasteiger partial charge is 0.489 e. The molecule has 0 atom stereocenters. The van der Waals surface area contributed by atoms with Gasteiger partial charge in [-0.25, -0.2) is 9.97 Å². The van der Waals surface area contributed by atoms with Crippen molar-refractivity contribution in [2.45, 2.75) is 6.61 Å². The summed E-state index contributed by atoms with van der Waals surface area (Å²) >= 11 is 0. The van der Waals surface area contributed by atoms with Crippen molar-refractivity contribution in [2.24, 2.45) is 0 Å². The quantitative estimate of drug-likeness (QED) is 0.517. The van der Waals surface area contributed by atoms with Crippen LogP contribution in [0.4, 0.5) is 0 Å². The lowest BCUT2D eigenvalue weighted by atomic mass is 10.2. The first-order valence-corrected chi connectivity index (χ1v) is 8.02. The van der Waals surface area contributed by atoms with Gasteiger partial charge in [0, 0.05) is 23.3 Å². The maximum absolute atomic E-state index is 5.83. The Morgan fingerprint density at radius 1 is 0.720 bits per heavy atom. The fraction of sp³-hybridized carbons (Fsp3) is 0.0476. The minimum atomic E-state index is 0.455. The molecule has 2 aromatic heterocycles. The van der Waals surface area contributed by atoms with E-state index in [-0.39, 0.29) is 0 Å². The minimum absolute atomic E-state index is 0.455. The van der Waals surface area contributed by atoms with E-state index in [9.17, 15) is 0 Å². The second-order valence-corrected chi connectivity index (χ2v) is 5.57. The monoisotopic (exact) mass is 328 g/mol. The molecule has 4 heteroatoms. The van der Waals surface area contributed by atoms with Crippen LogP contribution in [-0.4, -0.2) is 9.97 Å². The summed E-state index contributed by atoms with van der Waals surface area (Å²) < 4.78 is 11.6. The third kappa shape index (κ3) is 3.75. The predicted octanol–water partition coefficient (Wildman–Crippen LogP) is 5.00. The van der Waals surface area contributed by atoms with Crippen molar-refractivity contribution in [1.82, 2.24) is 9.97 Å². The number of hydrogen-bond donors (Lipinski definition) is 0. The van der Waals surface area contributed by atoms with Crippen LogP contribution in [-0.2, 0) is 6.61 Å². The standard InChI is InChI=1S/C21H16N2O2/c1-2-6-19(7-3-1)25-20-10-8-18(9-11-20)24-15-16-13-17-5-4-12-22-21(17)23-14-16/h1-14H,15H2. The Hall–Kier alpha value is -3.40. The highest BCUT2D eigenvalue weighted by molar-refractivity contribution is 5.74. The molecule has 4 aromatic rings. The van der Waals surface area contributed by atoms with Crippen molar-refractivity contribution in [3.63, 3.8) is 0 Å². The van der Waals surface area contributed by atoms with E-state index in [1.165, 1.54) is 0 Å². The van der Waals surface area contributed by atoms with Crippen molar-refractivity contribution in [2.75, 3.05) is 0 Å². The first-order valence-electron chi connectivity index (χ1n) is 8.02. The molecule has 0 aliphatic heterocycles. The summed E-state index contributed by atoms with van der Waals surface area (Å²) in [4.78, 5) is 8.56. The Labute approximate surface area is 145 Å². The summed E-state index contributed by atoms with van der Waals surface area (Å²) in [5.41, 5.74) is 1.75. The van der Waals surface area contributed by atoms with Gasteiger partial charge in [-0.3, -0.25) is 0 Å². The molecule has 0 amide bonds. The Balaban J connectivity index is 1.40. The average Bonchev–Trinajstić information content (AvgIpc) is 2.68. The fourth-order valence-corrected chi connectivity index (χ4v) is 2.49. The normalized spacial score (nSPS) is 10.6. The van der Waals surface area contributed by atoms with Gasteiger partial charge in [0.25, 0.3) is 0 Å². The molecule has 0 fully saturated rings. The summed E-state index contributed by atoms with van der Waals surface area (Å²) in [6, 6.07) is 23.2. The molecule has 122 valence electrons. The van der Waals surface area contributed by atoms with Crippen LogP contribution < -0.4 is 9.47 Å². The molecule has 4 rings (SSSR count). The summed E-state index contributed by atoms with van der Waals surface area (Å²) in [5.74, 6) is 2.37. The van der Waals surface area contributed by atoms with Gasteiger partial charge in [-0.15, -0.1) is 0 Å². The lowest BCUT2D eigenvalue weighted by Gasteiger charge is -2.09. The fourth-order valence-electron chi connectivity index (χ4n) is 2.49. The molecule has 0 bridgehead atoms. The summed E-state index contributed by atoms with van der Waals surface area (Å²) in [6.07, 6.45) is 3.53. The number of rotatable bonds is 5. The van der Waals surface area contributed by atoms with Gasteiger partial charge in [0.1, 0.15) is 23.9 Å². The molecule has 4 nitrogen and oxygen atoms in total. The summed E-state index contributed by atoms with van der Waals surface area (Å²) in [7, 11) is 0. The van der Waals surface area contributed by atoms with Crippen molar-refractivity contribution in [3.05, 3.63) is 90.8 Å². The molecule has 2 heterocycles. The maximum atomic E-state index is 5.83. The highest BCUT2D eigenvalue weighted by Crippen LogP contribution is 2.24. The lowest BCUT2D eigenvalue weighted by Crippen LogP contribution is -1.97. The number of aromatic nitrogens is 2. The van der Waals surface area contributed by atoms with Gasteiger partial charge in [0.15, 0.2) is 5.65 Å². The molecule has 0 N–H and O–H groups in total.